The molecule has 4 atom stereocenters. The molecule has 3 rings (SSSR count). The number of aromatic nitrogens is 4. The number of hydrogen-bond donors (Lipinski definition) is 4. The van der Waals surface area contributed by atoms with Crippen LogP contribution >= 0.6 is 11.8 Å². The Labute approximate surface area is 130 Å². The number of hydrogen-bond acceptors (Lipinski definition) is 9. The van der Waals surface area contributed by atoms with Gasteiger partial charge in [-0.15, -0.1) is 0 Å². The Kier molecular flexibility index (Phi) is 4.19. The quantitative estimate of drug-likeness (QED) is 0.417. The van der Waals surface area contributed by atoms with Gasteiger partial charge in [-0.1, -0.05) is 18.7 Å². The number of ether oxygens (including phenoxy) is 1. The minimum atomic E-state index is -1.20. The summed E-state index contributed by atoms with van der Waals surface area (Å²) in [5.41, 5.74) is 6.70. The standard InChI is InChI=1S/C12H17N5O4S/c1-2-22-12-15-9(13)6-10(16-12)17(4-14-6)11-8(20)7(19)5(3-18)21-11/h4-5,7-8,11,18-20H,2-3H2,1H3,(H2,13,15,16). The lowest BCUT2D eigenvalue weighted by Gasteiger charge is -2.16. The fraction of sp³-hybridized carbons (Fsp3) is 0.583. The summed E-state index contributed by atoms with van der Waals surface area (Å²) in [6, 6.07) is 0. The van der Waals surface area contributed by atoms with Gasteiger partial charge in [0.2, 0.25) is 0 Å². The largest absolute Gasteiger partial charge is 0.394 e. The second-order valence-corrected chi connectivity index (χ2v) is 6.11. The molecule has 2 aromatic heterocycles. The van der Waals surface area contributed by atoms with Gasteiger partial charge in [0.05, 0.1) is 12.9 Å². The molecule has 0 radical (unpaired) electrons. The number of rotatable bonds is 4. The van der Waals surface area contributed by atoms with Crippen LogP contribution in [0.4, 0.5) is 5.82 Å². The molecule has 5 N–H and O–H groups in total. The maximum absolute atomic E-state index is 10.1. The third-order valence-electron chi connectivity index (χ3n) is 3.49. The monoisotopic (exact) mass is 327 g/mol. The molecule has 0 aromatic carbocycles. The van der Waals surface area contributed by atoms with E-state index in [1.165, 1.54) is 22.7 Å². The van der Waals surface area contributed by atoms with Gasteiger partial charge in [0.25, 0.3) is 0 Å². The van der Waals surface area contributed by atoms with Crippen molar-refractivity contribution in [3.05, 3.63) is 6.33 Å². The fourth-order valence-corrected chi connectivity index (χ4v) is 2.98. The molecule has 120 valence electrons. The molecule has 0 spiro atoms. The number of anilines is 1. The zero-order valence-corrected chi connectivity index (χ0v) is 12.6. The van der Waals surface area contributed by atoms with Gasteiger partial charge in [-0.3, -0.25) is 4.57 Å². The van der Waals surface area contributed by atoms with Crippen LogP contribution in [0.15, 0.2) is 11.5 Å². The highest BCUT2D eigenvalue weighted by Gasteiger charge is 2.44. The zero-order valence-electron chi connectivity index (χ0n) is 11.8. The first kappa shape index (κ1) is 15.4. The van der Waals surface area contributed by atoms with Crippen LogP contribution < -0.4 is 5.73 Å². The van der Waals surface area contributed by atoms with E-state index in [1.807, 2.05) is 6.92 Å². The van der Waals surface area contributed by atoms with Crippen molar-refractivity contribution < 1.29 is 20.1 Å². The minimum absolute atomic E-state index is 0.242. The van der Waals surface area contributed by atoms with Gasteiger partial charge in [-0.05, 0) is 5.75 Å². The molecule has 0 amide bonds. The Morgan fingerprint density at radius 3 is 2.77 bits per heavy atom. The van der Waals surface area contributed by atoms with Gasteiger partial charge in [-0.2, -0.15) is 0 Å². The molecule has 1 aliphatic heterocycles. The lowest BCUT2D eigenvalue weighted by atomic mass is 10.1. The van der Waals surface area contributed by atoms with Crippen LogP contribution in [-0.4, -0.2) is 65.5 Å². The topological polar surface area (TPSA) is 140 Å². The highest BCUT2D eigenvalue weighted by atomic mass is 32.2. The van der Waals surface area contributed by atoms with Gasteiger partial charge in [-0.25, -0.2) is 15.0 Å². The predicted octanol–water partition coefficient (Wildman–Crippen LogP) is -0.868. The van der Waals surface area contributed by atoms with Crippen LogP contribution in [0.5, 0.6) is 0 Å². The minimum Gasteiger partial charge on any atom is -0.394 e. The summed E-state index contributed by atoms with van der Waals surface area (Å²) in [6.07, 6.45) is -2.72. The molecule has 1 aliphatic rings. The predicted molar refractivity (Wildman–Crippen MR) is 79.1 cm³/mol. The SMILES string of the molecule is CCSc1nc(N)c2ncn(C3OC(CO)C(O)C3O)c2n1. The number of thioether (sulfide) groups is 1. The van der Waals surface area contributed by atoms with Crippen LogP contribution in [0.2, 0.25) is 0 Å². The summed E-state index contributed by atoms with van der Waals surface area (Å²) in [7, 11) is 0. The van der Waals surface area contributed by atoms with Crippen LogP contribution in [0, 0.1) is 0 Å². The van der Waals surface area contributed by atoms with Crippen LogP contribution in [0.25, 0.3) is 11.2 Å². The summed E-state index contributed by atoms with van der Waals surface area (Å²) in [5.74, 6) is 1.03. The van der Waals surface area contributed by atoms with Crippen LogP contribution in [-0.2, 0) is 4.74 Å². The first-order valence-electron chi connectivity index (χ1n) is 6.82. The first-order chi connectivity index (χ1) is 10.6. The van der Waals surface area contributed by atoms with Crippen molar-refractivity contribution in [2.45, 2.75) is 36.6 Å². The van der Waals surface area contributed by atoms with Gasteiger partial charge in [0, 0.05) is 0 Å². The molecule has 4 unspecified atom stereocenters. The molecular weight excluding hydrogens is 310 g/mol. The summed E-state index contributed by atoms with van der Waals surface area (Å²) in [4.78, 5) is 12.7. The summed E-state index contributed by atoms with van der Waals surface area (Å²) in [5, 5.41) is 29.7. The number of nitrogens with zero attached hydrogens (tertiary/aromatic N) is 4. The van der Waals surface area contributed by atoms with Crippen molar-refractivity contribution in [3.63, 3.8) is 0 Å². The maximum atomic E-state index is 10.1. The summed E-state index contributed by atoms with van der Waals surface area (Å²) in [6.45, 7) is 1.58. The van der Waals surface area contributed by atoms with Crippen LogP contribution in [0.1, 0.15) is 13.2 Å². The summed E-state index contributed by atoms with van der Waals surface area (Å²) < 4.78 is 6.99. The van der Waals surface area contributed by atoms with Gasteiger partial charge >= 0.3 is 0 Å². The molecule has 3 heterocycles. The van der Waals surface area contributed by atoms with Crippen molar-refractivity contribution in [3.8, 4) is 0 Å². The average Bonchev–Trinajstić information content (AvgIpc) is 3.03. The van der Waals surface area contributed by atoms with E-state index in [4.69, 9.17) is 10.5 Å². The molecular formula is C12H17N5O4S. The lowest BCUT2D eigenvalue weighted by Crippen LogP contribution is -2.33. The Bertz CT molecular complexity index is 681. The molecule has 22 heavy (non-hydrogen) atoms. The van der Waals surface area contributed by atoms with E-state index < -0.39 is 31.1 Å². The van der Waals surface area contributed by atoms with E-state index in [0.717, 1.165) is 5.75 Å². The molecule has 0 aliphatic carbocycles. The molecule has 1 fully saturated rings. The second kappa shape index (κ2) is 5.97. The third kappa shape index (κ3) is 2.42. The maximum Gasteiger partial charge on any atom is 0.191 e. The Morgan fingerprint density at radius 1 is 1.36 bits per heavy atom. The highest BCUT2D eigenvalue weighted by Crippen LogP contribution is 2.32. The Hall–Kier alpha value is -1.46. The Balaban J connectivity index is 2.04. The molecule has 9 nitrogen and oxygen atoms in total. The molecule has 2 aromatic rings. The van der Waals surface area contributed by atoms with Gasteiger partial charge < -0.3 is 25.8 Å². The molecule has 0 bridgehead atoms. The van der Waals surface area contributed by atoms with Crippen molar-refractivity contribution in [2.75, 3.05) is 18.1 Å². The van der Waals surface area contributed by atoms with Crippen molar-refractivity contribution in [1.82, 2.24) is 19.5 Å². The second-order valence-electron chi connectivity index (χ2n) is 4.88. The van der Waals surface area contributed by atoms with Gasteiger partial charge in [0.15, 0.2) is 22.8 Å². The van der Waals surface area contributed by atoms with E-state index in [9.17, 15) is 15.3 Å². The van der Waals surface area contributed by atoms with E-state index in [1.54, 1.807) is 0 Å². The third-order valence-corrected chi connectivity index (χ3v) is 4.22. The van der Waals surface area contributed by atoms with Gasteiger partial charge in [0.1, 0.15) is 23.8 Å². The first-order valence-corrected chi connectivity index (χ1v) is 7.80. The van der Waals surface area contributed by atoms with Crippen molar-refractivity contribution >= 4 is 28.7 Å². The number of nitrogens with two attached hydrogens (primary N) is 1. The number of nitrogen functional groups attached to an aromatic ring is 1. The zero-order chi connectivity index (χ0) is 15.9. The normalized spacial score (nSPS) is 28.5. The fourth-order valence-electron chi connectivity index (χ4n) is 2.41. The smallest absolute Gasteiger partial charge is 0.191 e. The number of imidazole rings is 1. The van der Waals surface area contributed by atoms with E-state index >= 15 is 0 Å². The van der Waals surface area contributed by atoms with Crippen LogP contribution in [0.3, 0.4) is 0 Å². The van der Waals surface area contributed by atoms with E-state index in [-0.39, 0.29) is 5.82 Å². The summed E-state index contributed by atoms with van der Waals surface area (Å²) >= 11 is 1.43. The molecule has 1 saturated heterocycles. The number of fused-ring (bicyclic) bond motifs is 1. The Morgan fingerprint density at radius 2 is 2.14 bits per heavy atom. The number of aliphatic hydroxyl groups is 3. The van der Waals surface area contributed by atoms with E-state index in [2.05, 4.69) is 15.0 Å². The molecule has 0 saturated carbocycles. The number of aliphatic hydroxyl groups excluding tert-OH is 3. The highest BCUT2D eigenvalue weighted by molar-refractivity contribution is 7.99. The average molecular weight is 327 g/mol. The van der Waals surface area contributed by atoms with Crippen molar-refractivity contribution in [2.24, 2.45) is 0 Å². The van der Waals surface area contributed by atoms with Crippen molar-refractivity contribution in [1.29, 1.82) is 0 Å². The lowest BCUT2D eigenvalue weighted by molar-refractivity contribution is -0.0511. The van der Waals surface area contributed by atoms with E-state index in [0.29, 0.717) is 16.3 Å². The molecule has 10 heteroatoms.